The number of nitrogens with one attached hydrogen (secondary N) is 2. The summed E-state index contributed by atoms with van der Waals surface area (Å²) in [6, 6.07) is 4.03. The quantitative estimate of drug-likeness (QED) is 0.870. The minimum Gasteiger partial charge on any atom is -0.342 e. The number of nitrogens with zero attached hydrogens (tertiary/aromatic N) is 2. The molecule has 0 aliphatic heterocycles. The molecular weight excluding hydrogens is 248 g/mol. The fraction of sp³-hybridized carbons (Fsp3) is 0.417. The number of aryl methyl sites for hydroxylation is 1. The third-order valence-corrected chi connectivity index (χ3v) is 3.66. The number of hydrogen-bond acceptors (Lipinski definition) is 4. The topological polar surface area (TPSA) is 70.7 Å². The molecule has 18 heavy (non-hydrogen) atoms. The maximum absolute atomic E-state index is 12.0. The zero-order valence-electron chi connectivity index (χ0n) is 10.4. The van der Waals surface area contributed by atoms with E-state index in [1.165, 1.54) is 0 Å². The first kappa shape index (κ1) is 12.8. The lowest BCUT2D eigenvalue weighted by Crippen LogP contribution is -2.28. The Bertz CT molecular complexity index is 506. The first-order chi connectivity index (χ1) is 8.74. The molecule has 0 bridgehead atoms. The highest BCUT2D eigenvalue weighted by Crippen LogP contribution is 2.21. The van der Waals surface area contributed by atoms with Crippen LogP contribution >= 0.6 is 11.3 Å². The van der Waals surface area contributed by atoms with Crippen molar-refractivity contribution < 1.29 is 4.79 Å². The van der Waals surface area contributed by atoms with Gasteiger partial charge in [-0.1, -0.05) is 19.9 Å². The van der Waals surface area contributed by atoms with E-state index in [0.717, 1.165) is 23.5 Å². The van der Waals surface area contributed by atoms with Crippen LogP contribution in [0.25, 0.3) is 0 Å². The smallest absolute Gasteiger partial charge is 0.291 e. The van der Waals surface area contributed by atoms with Gasteiger partial charge >= 0.3 is 0 Å². The van der Waals surface area contributed by atoms with E-state index in [1.807, 2.05) is 31.4 Å². The highest BCUT2D eigenvalue weighted by atomic mass is 32.1. The standard InChI is InChI=1S/C12H16N4OS/c1-3-8(9-6-5-7-18-9)13-12(17)11-14-10(4-2)15-16-11/h5-8H,3-4H2,1-2H3,(H,13,17)(H,14,15,16). The Morgan fingerprint density at radius 1 is 1.56 bits per heavy atom. The van der Waals surface area contributed by atoms with Crippen molar-refractivity contribution in [1.82, 2.24) is 20.5 Å². The van der Waals surface area contributed by atoms with Gasteiger partial charge in [-0.2, -0.15) is 0 Å². The van der Waals surface area contributed by atoms with E-state index in [0.29, 0.717) is 0 Å². The first-order valence-electron chi connectivity index (χ1n) is 6.00. The van der Waals surface area contributed by atoms with Gasteiger partial charge in [0.15, 0.2) is 0 Å². The van der Waals surface area contributed by atoms with Crippen LogP contribution in [0.2, 0.25) is 0 Å². The second-order valence-corrected chi connectivity index (χ2v) is 4.89. The van der Waals surface area contributed by atoms with Gasteiger partial charge in [-0.15, -0.1) is 16.4 Å². The van der Waals surface area contributed by atoms with E-state index in [9.17, 15) is 4.79 Å². The van der Waals surface area contributed by atoms with E-state index in [-0.39, 0.29) is 17.8 Å². The molecule has 2 N–H and O–H groups in total. The zero-order valence-corrected chi connectivity index (χ0v) is 11.3. The van der Waals surface area contributed by atoms with Crippen LogP contribution in [-0.2, 0) is 6.42 Å². The van der Waals surface area contributed by atoms with Crippen molar-refractivity contribution in [1.29, 1.82) is 0 Å². The van der Waals surface area contributed by atoms with Crippen LogP contribution in [0.4, 0.5) is 0 Å². The molecule has 96 valence electrons. The Balaban J connectivity index is 2.06. The summed E-state index contributed by atoms with van der Waals surface area (Å²) in [6.07, 6.45) is 1.58. The lowest BCUT2D eigenvalue weighted by atomic mass is 10.2. The fourth-order valence-corrected chi connectivity index (χ4v) is 2.50. The third kappa shape index (κ3) is 2.76. The summed E-state index contributed by atoms with van der Waals surface area (Å²) in [5.41, 5.74) is 0. The number of hydrogen-bond donors (Lipinski definition) is 2. The Morgan fingerprint density at radius 2 is 2.39 bits per heavy atom. The lowest BCUT2D eigenvalue weighted by Gasteiger charge is -2.13. The first-order valence-corrected chi connectivity index (χ1v) is 6.88. The van der Waals surface area contributed by atoms with Crippen LogP contribution in [0.5, 0.6) is 0 Å². The molecule has 0 saturated heterocycles. The monoisotopic (exact) mass is 264 g/mol. The highest BCUT2D eigenvalue weighted by Gasteiger charge is 2.17. The molecule has 1 atom stereocenters. The highest BCUT2D eigenvalue weighted by molar-refractivity contribution is 7.10. The maximum atomic E-state index is 12.0. The zero-order chi connectivity index (χ0) is 13.0. The molecule has 0 saturated carbocycles. The van der Waals surface area contributed by atoms with E-state index in [1.54, 1.807) is 11.3 Å². The van der Waals surface area contributed by atoms with Gasteiger partial charge in [0.25, 0.3) is 5.91 Å². The summed E-state index contributed by atoms with van der Waals surface area (Å²) >= 11 is 1.64. The minimum absolute atomic E-state index is 0.0288. The third-order valence-electron chi connectivity index (χ3n) is 2.67. The van der Waals surface area contributed by atoms with E-state index < -0.39 is 0 Å². The van der Waals surface area contributed by atoms with Crippen LogP contribution in [0.3, 0.4) is 0 Å². The predicted octanol–water partition coefficient (Wildman–Crippen LogP) is 2.31. The molecule has 2 aromatic rings. The average molecular weight is 264 g/mol. The van der Waals surface area contributed by atoms with E-state index >= 15 is 0 Å². The summed E-state index contributed by atoms with van der Waals surface area (Å²) in [4.78, 5) is 17.3. The predicted molar refractivity (Wildman–Crippen MR) is 70.6 cm³/mol. The van der Waals surface area contributed by atoms with Crippen molar-refractivity contribution in [3.63, 3.8) is 0 Å². The van der Waals surface area contributed by atoms with Gasteiger partial charge < -0.3 is 5.32 Å². The van der Waals surface area contributed by atoms with Crippen LogP contribution in [0.1, 0.15) is 47.6 Å². The number of carbonyl (C=O) groups excluding carboxylic acids is 1. The molecule has 6 heteroatoms. The second-order valence-electron chi connectivity index (χ2n) is 3.91. The number of aromatic nitrogens is 3. The van der Waals surface area contributed by atoms with Gasteiger partial charge in [0.05, 0.1) is 6.04 Å². The van der Waals surface area contributed by atoms with Crippen molar-refractivity contribution >= 4 is 17.2 Å². The molecule has 0 fully saturated rings. The molecule has 2 aromatic heterocycles. The summed E-state index contributed by atoms with van der Waals surface area (Å²) in [7, 11) is 0. The summed E-state index contributed by atoms with van der Waals surface area (Å²) in [5, 5.41) is 11.6. The number of H-pyrrole nitrogens is 1. The van der Waals surface area contributed by atoms with E-state index in [4.69, 9.17) is 0 Å². The lowest BCUT2D eigenvalue weighted by molar-refractivity contribution is 0.0926. The van der Waals surface area contributed by atoms with Gasteiger partial charge in [0.2, 0.25) is 5.82 Å². The fourth-order valence-electron chi connectivity index (χ4n) is 1.64. The van der Waals surface area contributed by atoms with Gasteiger partial charge in [0.1, 0.15) is 5.82 Å². The molecule has 0 aromatic carbocycles. The molecular formula is C12H16N4OS. The Labute approximate surface area is 110 Å². The molecule has 2 heterocycles. The second kappa shape index (κ2) is 5.77. The van der Waals surface area contributed by atoms with Gasteiger partial charge in [-0.05, 0) is 17.9 Å². The molecule has 5 nitrogen and oxygen atoms in total. The Morgan fingerprint density at radius 3 is 2.94 bits per heavy atom. The average Bonchev–Trinajstić information content (AvgIpc) is 3.05. The molecule has 1 amide bonds. The van der Waals surface area contributed by atoms with Crippen molar-refractivity contribution in [2.75, 3.05) is 0 Å². The molecule has 0 aliphatic carbocycles. The van der Waals surface area contributed by atoms with Gasteiger partial charge in [0, 0.05) is 11.3 Å². The number of amides is 1. The van der Waals surface area contributed by atoms with Crippen molar-refractivity contribution in [2.45, 2.75) is 32.7 Å². The minimum atomic E-state index is -0.230. The Hall–Kier alpha value is -1.69. The molecule has 0 aliphatic rings. The largest absolute Gasteiger partial charge is 0.342 e. The number of rotatable bonds is 5. The normalized spacial score (nSPS) is 12.3. The number of aromatic amines is 1. The van der Waals surface area contributed by atoms with Crippen LogP contribution in [0.15, 0.2) is 17.5 Å². The molecule has 0 radical (unpaired) electrons. The van der Waals surface area contributed by atoms with Gasteiger partial charge in [-0.25, -0.2) is 4.98 Å². The summed E-state index contributed by atoms with van der Waals surface area (Å²) in [6.45, 7) is 4.00. The van der Waals surface area contributed by atoms with Crippen molar-refractivity contribution in [2.24, 2.45) is 0 Å². The number of thiophene rings is 1. The van der Waals surface area contributed by atoms with Crippen molar-refractivity contribution in [3.05, 3.63) is 34.0 Å². The Kier molecular flexibility index (Phi) is 4.09. The molecule has 1 unspecified atom stereocenters. The molecule has 2 rings (SSSR count). The van der Waals surface area contributed by atoms with Crippen LogP contribution in [-0.4, -0.2) is 21.1 Å². The number of carbonyl (C=O) groups is 1. The SMILES string of the molecule is CCc1nc(C(=O)NC(CC)c2cccs2)n[nH]1. The van der Waals surface area contributed by atoms with E-state index in [2.05, 4.69) is 20.5 Å². The van der Waals surface area contributed by atoms with Gasteiger partial charge in [-0.3, -0.25) is 9.89 Å². The molecule has 0 spiro atoms. The summed E-state index contributed by atoms with van der Waals surface area (Å²) in [5.74, 6) is 0.706. The van der Waals surface area contributed by atoms with Crippen LogP contribution < -0.4 is 5.32 Å². The van der Waals surface area contributed by atoms with Crippen molar-refractivity contribution in [3.8, 4) is 0 Å². The van der Waals surface area contributed by atoms with Crippen LogP contribution in [0, 0.1) is 0 Å². The summed E-state index contributed by atoms with van der Waals surface area (Å²) < 4.78 is 0. The maximum Gasteiger partial charge on any atom is 0.291 e.